The molecule has 1 amide bonds. The number of nitrogens with one attached hydrogen (secondary N) is 1. The highest BCUT2D eigenvalue weighted by Crippen LogP contribution is 2.32. The van der Waals surface area contributed by atoms with Crippen LogP contribution in [-0.4, -0.2) is 23.8 Å². The van der Waals surface area contributed by atoms with E-state index in [0.29, 0.717) is 16.1 Å². The molecule has 0 bridgehead atoms. The molecule has 1 aromatic heterocycles. The normalized spacial score (nSPS) is 11.7. The van der Waals surface area contributed by atoms with Crippen LogP contribution in [0.4, 0.5) is 5.69 Å². The molecule has 8 heteroatoms. The summed E-state index contributed by atoms with van der Waals surface area (Å²) in [5.41, 5.74) is 0.961. The minimum Gasteiger partial charge on any atom is -0.448 e. The first kappa shape index (κ1) is 18.8. The molecule has 0 aliphatic carbocycles. The number of esters is 1. The Hall–Kier alpha value is -1.51. The average Bonchev–Trinajstić information content (AvgIpc) is 2.87. The largest absolute Gasteiger partial charge is 0.448 e. The van der Waals surface area contributed by atoms with E-state index in [2.05, 4.69) is 37.2 Å². The summed E-state index contributed by atoms with van der Waals surface area (Å²) in [5.74, 6) is -1.15. The molecule has 0 saturated carbocycles. The highest BCUT2D eigenvalue weighted by molar-refractivity contribution is 9.13. The molecule has 1 aromatic carbocycles. The average molecular weight is 475 g/mol. The Labute approximate surface area is 159 Å². The number of amides is 1. The summed E-state index contributed by atoms with van der Waals surface area (Å²) >= 11 is 7.80. The number of thiophene rings is 1. The number of ether oxygens (including phenoxy) is 1. The van der Waals surface area contributed by atoms with Crippen LogP contribution in [0.3, 0.4) is 0 Å². The molecule has 126 valence electrons. The fourth-order valence-electron chi connectivity index (χ4n) is 1.78. The molecule has 1 heterocycles. The lowest BCUT2D eigenvalue weighted by Gasteiger charge is -2.13. The molecule has 2 aromatic rings. The Morgan fingerprint density at radius 3 is 2.50 bits per heavy atom. The maximum absolute atomic E-state index is 12.1. The first-order valence-corrected chi connectivity index (χ1v) is 9.26. The van der Waals surface area contributed by atoms with E-state index in [9.17, 15) is 14.4 Å². The van der Waals surface area contributed by atoms with E-state index in [1.165, 1.54) is 25.2 Å². The fraction of sp³-hybridized carbons (Fsp3) is 0.188. The summed E-state index contributed by atoms with van der Waals surface area (Å²) in [4.78, 5) is 35.9. The number of Topliss-reactive ketones (excluding diaryl/α,β-unsaturated/α-hetero) is 1. The minimum absolute atomic E-state index is 0.0978. The van der Waals surface area contributed by atoms with Gasteiger partial charge in [0, 0.05) is 15.7 Å². The summed E-state index contributed by atoms with van der Waals surface area (Å²) in [6, 6.07) is 8.18. The van der Waals surface area contributed by atoms with Gasteiger partial charge in [-0.2, -0.15) is 0 Å². The zero-order valence-corrected chi connectivity index (χ0v) is 16.7. The van der Waals surface area contributed by atoms with Gasteiger partial charge in [0.1, 0.15) is 4.88 Å². The van der Waals surface area contributed by atoms with Crippen molar-refractivity contribution in [3.63, 3.8) is 0 Å². The standard InChI is InChI=1S/C16H13Br2NO4S/c1-8(20)10-4-3-5-11(6-10)19-15(21)9(2)23-16(22)13-7-12(17)14(18)24-13/h3-7,9H,1-2H3,(H,19,21). The summed E-state index contributed by atoms with van der Waals surface area (Å²) in [6.07, 6.45) is -0.974. The van der Waals surface area contributed by atoms with Crippen molar-refractivity contribution in [1.82, 2.24) is 0 Å². The minimum atomic E-state index is -0.974. The second-order valence-electron chi connectivity index (χ2n) is 4.91. The van der Waals surface area contributed by atoms with Crippen LogP contribution in [0.25, 0.3) is 0 Å². The van der Waals surface area contributed by atoms with Gasteiger partial charge in [0.2, 0.25) is 0 Å². The molecule has 1 unspecified atom stereocenters. The second-order valence-corrected chi connectivity index (χ2v) is 8.13. The van der Waals surface area contributed by atoms with E-state index in [-0.39, 0.29) is 5.78 Å². The van der Waals surface area contributed by atoms with Gasteiger partial charge in [-0.1, -0.05) is 12.1 Å². The summed E-state index contributed by atoms with van der Waals surface area (Å²) in [7, 11) is 0. The Morgan fingerprint density at radius 2 is 1.92 bits per heavy atom. The zero-order valence-electron chi connectivity index (χ0n) is 12.8. The second kappa shape index (κ2) is 8.04. The number of carbonyl (C=O) groups excluding carboxylic acids is 3. The molecule has 0 aliphatic heterocycles. The molecule has 1 atom stereocenters. The van der Waals surface area contributed by atoms with Gasteiger partial charge in [0.05, 0.1) is 3.79 Å². The smallest absolute Gasteiger partial charge is 0.349 e. The lowest BCUT2D eigenvalue weighted by molar-refractivity contribution is -0.123. The SMILES string of the molecule is CC(=O)c1cccc(NC(=O)C(C)OC(=O)c2cc(Br)c(Br)s2)c1. The van der Waals surface area contributed by atoms with E-state index in [0.717, 1.165) is 8.26 Å². The van der Waals surface area contributed by atoms with Gasteiger partial charge in [-0.15, -0.1) is 11.3 Å². The monoisotopic (exact) mass is 473 g/mol. The molecule has 5 nitrogen and oxygen atoms in total. The number of hydrogen-bond donors (Lipinski definition) is 1. The molecular weight excluding hydrogens is 462 g/mol. The number of rotatable bonds is 5. The Bertz CT molecular complexity index is 784. The summed E-state index contributed by atoms with van der Waals surface area (Å²) in [6.45, 7) is 2.93. The maximum atomic E-state index is 12.1. The number of hydrogen-bond acceptors (Lipinski definition) is 5. The van der Waals surface area contributed by atoms with Crippen molar-refractivity contribution in [3.8, 4) is 0 Å². The van der Waals surface area contributed by atoms with E-state index < -0.39 is 18.0 Å². The van der Waals surface area contributed by atoms with Gasteiger partial charge < -0.3 is 10.1 Å². The lowest BCUT2D eigenvalue weighted by Crippen LogP contribution is -2.29. The van der Waals surface area contributed by atoms with Crippen molar-refractivity contribution in [3.05, 3.63) is 49.0 Å². The third-order valence-corrected chi connectivity index (χ3v) is 6.27. The van der Waals surface area contributed by atoms with Crippen LogP contribution in [-0.2, 0) is 9.53 Å². The molecule has 0 radical (unpaired) electrons. The lowest BCUT2D eigenvalue weighted by atomic mass is 10.1. The van der Waals surface area contributed by atoms with Gasteiger partial charge in [-0.3, -0.25) is 9.59 Å². The molecular formula is C16H13Br2NO4S. The van der Waals surface area contributed by atoms with Crippen molar-refractivity contribution in [2.45, 2.75) is 20.0 Å². The van der Waals surface area contributed by atoms with Crippen LogP contribution >= 0.6 is 43.2 Å². The highest BCUT2D eigenvalue weighted by atomic mass is 79.9. The summed E-state index contributed by atoms with van der Waals surface area (Å²) < 4.78 is 6.69. The number of halogens is 2. The van der Waals surface area contributed by atoms with Gasteiger partial charge >= 0.3 is 5.97 Å². The number of carbonyl (C=O) groups is 3. The molecule has 0 aliphatic rings. The fourth-order valence-corrected chi connectivity index (χ4v) is 3.70. The number of benzene rings is 1. The summed E-state index contributed by atoms with van der Waals surface area (Å²) in [5, 5.41) is 2.63. The van der Waals surface area contributed by atoms with Crippen LogP contribution in [0.1, 0.15) is 33.9 Å². The van der Waals surface area contributed by atoms with Crippen molar-refractivity contribution >= 4 is 66.5 Å². The van der Waals surface area contributed by atoms with Crippen LogP contribution < -0.4 is 5.32 Å². The first-order valence-electron chi connectivity index (χ1n) is 6.85. The van der Waals surface area contributed by atoms with Gasteiger partial charge in [0.15, 0.2) is 11.9 Å². The molecule has 0 saturated heterocycles. The third-order valence-electron chi connectivity index (χ3n) is 3.04. The molecule has 0 spiro atoms. The van der Waals surface area contributed by atoms with Crippen LogP contribution in [0, 0.1) is 0 Å². The predicted molar refractivity (Wildman–Crippen MR) is 99.7 cm³/mol. The van der Waals surface area contributed by atoms with Gasteiger partial charge in [-0.25, -0.2) is 4.79 Å². The molecule has 24 heavy (non-hydrogen) atoms. The quantitative estimate of drug-likeness (QED) is 0.505. The number of ketones is 1. The van der Waals surface area contributed by atoms with E-state index in [1.807, 2.05) is 0 Å². The maximum Gasteiger partial charge on any atom is 0.349 e. The predicted octanol–water partition coefficient (Wildman–Crippen LogP) is 4.66. The topological polar surface area (TPSA) is 72.5 Å². The van der Waals surface area contributed by atoms with Crippen LogP contribution in [0.5, 0.6) is 0 Å². The Kier molecular flexibility index (Phi) is 6.31. The number of anilines is 1. The highest BCUT2D eigenvalue weighted by Gasteiger charge is 2.21. The van der Waals surface area contributed by atoms with Gasteiger partial charge in [0.25, 0.3) is 5.91 Å². The zero-order chi connectivity index (χ0) is 17.9. The van der Waals surface area contributed by atoms with Crippen molar-refractivity contribution in [2.24, 2.45) is 0 Å². The molecule has 0 fully saturated rings. The van der Waals surface area contributed by atoms with Crippen molar-refractivity contribution < 1.29 is 19.1 Å². The molecule has 2 rings (SSSR count). The van der Waals surface area contributed by atoms with E-state index in [4.69, 9.17) is 4.74 Å². The Balaban J connectivity index is 2.00. The molecule has 1 N–H and O–H groups in total. The van der Waals surface area contributed by atoms with Crippen molar-refractivity contribution in [2.75, 3.05) is 5.32 Å². The van der Waals surface area contributed by atoms with Gasteiger partial charge in [-0.05, 0) is 63.9 Å². The van der Waals surface area contributed by atoms with Crippen LogP contribution in [0.2, 0.25) is 0 Å². The van der Waals surface area contributed by atoms with Crippen LogP contribution in [0.15, 0.2) is 38.6 Å². The third kappa shape index (κ3) is 4.75. The van der Waals surface area contributed by atoms with E-state index >= 15 is 0 Å². The van der Waals surface area contributed by atoms with Crippen molar-refractivity contribution in [1.29, 1.82) is 0 Å². The Morgan fingerprint density at radius 1 is 1.21 bits per heavy atom. The van der Waals surface area contributed by atoms with E-state index in [1.54, 1.807) is 30.3 Å². The first-order chi connectivity index (χ1) is 11.3.